The molecule has 138 valence electrons. The summed E-state index contributed by atoms with van der Waals surface area (Å²) in [7, 11) is 1.63. The molecule has 3 aromatic rings. The van der Waals surface area contributed by atoms with Crippen molar-refractivity contribution in [3.63, 3.8) is 0 Å². The van der Waals surface area contributed by atoms with Crippen molar-refractivity contribution in [3.05, 3.63) is 65.3 Å². The number of nitrogens with zero attached hydrogens (tertiary/aromatic N) is 2. The first-order chi connectivity index (χ1) is 13.0. The van der Waals surface area contributed by atoms with E-state index in [0.717, 1.165) is 22.0 Å². The molecule has 0 saturated heterocycles. The number of benzene rings is 2. The van der Waals surface area contributed by atoms with E-state index in [-0.39, 0.29) is 11.7 Å². The number of methoxy groups -OCH3 is 1. The number of halogens is 1. The first kappa shape index (κ1) is 19.2. The van der Waals surface area contributed by atoms with Crippen LogP contribution in [0.15, 0.2) is 59.6 Å². The molecule has 1 amide bonds. The molecule has 7 heteroatoms. The number of hydrogen-bond donors (Lipinski definition) is 1. The van der Waals surface area contributed by atoms with E-state index in [0.29, 0.717) is 16.5 Å². The lowest BCUT2D eigenvalue weighted by Gasteiger charge is -2.08. The molecule has 5 nitrogen and oxygen atoms in total. The lowest BCUT2D eigenvalue weighted by molar-refractivity contribution is -0.113. The standard InChI is InChI=1S/C20H18ClN3O2S/c1-13-11-19(24-20(22-13)14-3-9-17(26-2)10-4-14)27-12-18(25)23-16-7-5-15(21)6-8-16/h3-11H,12H2,1-2H3,(H,23,25). The molecule has 1 aromatic heterocycles. The van der Waals surface area contributed by atoms with Crippen LogP contribution in [0.25, 0.3) is 11.4 Å². The first-order valence-corrected chi connectivity index (χ1v) is 9.58. The van der Waals surface area contributed by atoms with Gasteiger partial charge >= 0.3 is 0 Å². The zero-order valence-corrected chi connectivity index (χ0v) is 16.5. The van der Waals surface area contributed by atoms with Gasteiger partial charge in [0.2, 0.25) is 5.91 Å². The number of aromatic nitrogens is 2. The Kier molecular flexibility index (Phi) is 6.32. The summed E-state index contributed by atoms with van der Waals surface area (Å²) in [6, 6.07) is 16.4. The molecule has 3 rings (SSSR count). The lowest BCUT2D eigenvalue weighted by atomic mass is 10.2. The highest BCUT2D eigenvalue weighted by Crippen LogP contribution is 2.23. The SMILES string of the molecule is COc1ccc(-c2nc(C)cc(SCC(=O)Nc3ccc(Cl)cc3)n2)cc1. The maximum atomic E-state index is 12.2. The van der Waals surface area contributed by atoms with E-state index in [1.807, 2.05) is 37.3 Å². The number of aryl methyl sites for hydroxylation is 1. The number of nitrogens with one attached hydrogen (secondary N) is 1. The van der Waals surface area contributed by atoms with E-state index >= 15 is 0 Å². The summed E-state index contributed by atoms with van der Waals surface area (Å²) in [6.07, 6.45) is 0. The molecule has 0 radical (unpaired) electrons. The van der Waals surface area contributed by atoms with Crippen LogP contribution >= 0.6 is 23.4 Å². The number of rotatable bonds is 6. The first-order valence-electron chi connectivity index (χ1n) is 8.22. The second-order valence-electron chi connectivity index (χ2n) is 5.74. The van der Waals surface area contributed by atoms with Gasteiger partial charge in [0, 0.05) is 22.0 Å². The van der Waals surface area contributed by atoms with Crippen LogP contribution in [0.4, 0.5) is 5.69 Å². The van der Waals surface area contributed by atoms with Gasteiger partial charge in [-0.05, 0) is 61.5 Å². The molecular formula is C20H18ClN3O2S. The Labute approximate surface area is 167 Å². The molecule has 1 heterocycles. The Morgan fingerprint density at radius 2 is 1.81 bits per heavy atom. The highest BCUT2D eigenvalue weighted by molar-refractivity contribution is 7.99. The molecule has 1 N–H and O–H groups in total. The van der Waals surface area contributed by atoms with Crippen LogP contribution in [-0.2, 0) is 4.79 Å². The molecule has 0 fully saturated rings. The molecule has 0 spiro atoms. The Morgan fingerprint density at radius 1 is 1.11 bits per heavy atom. The van der Waals surface area contributed by atoms with Crippen LogP contribution in [-0.4, -0.2) is 28.7 Å². The van der Waals surface area contributed by atoms with Crippen molar-refractivity contribution in [2.24, 2.45) is 0 Å². The van der Waals surface area contributed by atoms with Gasteiger partial charge in [-0.15, -0.1) is 0 Å². The van der Waals surface area contributed by atoms with E-state index in [1.165, 1.54) is 11.8 Å². The molecule has 0 bridgehead atoms. The molecule has 0 aliphatic carbocycles. The van der Waals surface area contributed by atoms with Gasteiger partial charge < -0.3 is 10.1 Å². The number of hydrogen-bond acceptors (Lipinski definition) is 5. The number of thioether (sulfide) groups is 1. The monoisotopic (exact) mass is 399 g/mol. The van der Waals surface area contributed by atoms with Gasteiger partial charge in [0.25, 0.3) is 0 Å². The number of ether oxygens (including phenoxy) is 1. The van der Waals surface area contributed by atoms with Crippen LogP contribution < -0.4 is 10.1 Å². The quantitative estimate of drug-likeness (QED) is 0.474. The third-order valence-electron chi connectivity index (χ3n) is 3.66. The average Bonchev–Trinajstić information content (AvgIpc) is 2.68. The minimum absolute atomic E-state index is 0.107. The lowest BCUT2D eigenvalue weighted by Crippen LogP contribution is -2.14. The van der Waals surface area contributed by atoms with Crippen molar-refractivity contribution < 1.29 is 9.53 Å². The third-order valence-corrected chi connectivity index (χ3v) is 4.82. The van der Waals surface area contributed by atoms with E-state index in [9.17, 15) is 4.79 Å². The van der Waals surface area contributed by atoms with Gasteiger partial charge in [0.1, 0.15) is 10.8 Å². The van der Waals surface area contributed by atoms with Gasteiger partial charge in [0.05, 0.1) is 12.9 Å². The van der Waals surface area contributed by atoms with E-state index in [4.69, 9.17) is 16.3 Å². The van der Waals surface area contributed by atoms with Crippen molar-refractivity contribution in [2.75, 3.05) is 18.2 Å². The van der Waals surface area contributed by atoms with Crippen LogP contribution in [0, 0.1) is 6.92 Å². The Hall–Kier alpha value is -2.57. The van der Waals surface area contributed by atoms with Crippen LogP contribution in [0.3, 0.4) is 0 Å². The van der Waals surface area contributed by atoms with Crippen LogP contribution in [0.1, 0.15) is 5.69 Å². The average molecular weight is 400 g/mol. The largest absolute Gasteiger partial charge is 0.497 e. The Morgan fingerprint density at radius 3 is 2.48 bits per heavy atom. The maximum Gasteiger partial charge on any atom is 0.234 e. The maximum absolute atomic E-state index is 12.2. The van der Waals surface area contributed by atoms with Crippen molar-refractivity contribution in [3.8, 4) is 17.1 Å². The fraction of sp³-hybridized carbons (Fsp3) is 0.150. The second kappa shape index (κ2) is 8.88. The molecule has 2 aromatic carbocycles. The van der Waals surface area contributed by atoms with Gasteiger partial charge in [0.15, 0.2) is 5.82 Å². The minimum atomic E-state index is -0.107. The number of carbonyl (C=O) groups excluding carboxylic acids is 1. The number of amides is 1. The van der Waals surface area contributed by atoms with Crippen molar-refractivity contribution >= 4 is 35.0 Å². The summed E-state index contributed by atoms with van der Waals surface area (Å²) < 4.78 is 5.18. The smallest absolute Gasteiger partial charge is 0.234 e. The molecular weight excluding hydrogens is 382 g/mol. The van der Waals surface area contributed by atoms with Crippen molar-refractivity contribution in [1.29, 1.82) is 0 Å². The zero-order chi connectivity index (χ0) is 19.2. The van der Waals surface area contributed by atoms with Gasteiger partial charge in [-0.3, -0.25) is 4.79 Å². The Bertz CT molecular complexity index is 931. The minimum Gasteiger partial charge on any atom is -0.497 e. The highest BCUT2D eigenvalue weighted by Gasteiger charge is 2.09. The van der Waals surface area contributed by atoms with Crippen LogP contribution in [0.5, 0.6) is 5.75 Å². The fourth-order valence-electron chi connectivity index (χ4n) is 2.35. The molecule has 27 heavy (non-hydrogen) atoms. The highest BCUT2D eigenvalue weighted by atomic mass is 35.5. The summed E-state index contributed by atoms with van der Waals surface area (Å²) in [4.78, 5) is 21.2. The summed E-state index contributed by atoms with van der Waals surface area (Å²) >= 11 is 7.22. The van der Waals surface area contributed by atoms with E-state index in [2.05, 4.69) is 15.3 Å². The summed E-state index contributed by atoms with van der Waals surface area (Å²) in [5.74, 6) is 1.55. The Balaban J connectivity index is 1.66. The predicted octanol–water partition coefficient (Wildman–Crippen LogP) is 4.84. The normalized spacial score (nSPS) is 10.5. The van der Waals surface area contributed by atoms with Crippen molar-refractivity contribution in [2.45, 2.75) is 11.9 Å². The van der Waals surface area contributed by atoms with Gasteiger partial charge in [-0.2, -0.15) is 0 Å². The summed E-state index contributed by atoms with van der Waals surface area (Å²) in [5.41, 5.74) is 2.45. The molecule has 0 aliphatic heterocycles. The van der Waals surface area contributed by atoms with Gasteiger partial charge in [-0.25, -0.2) is 9.97 Å². The third kappa shape index (κ3) is 5.45. The van der Waals surface area contributed by atoms with E-state index < -0.39 is 0 Å². The zero-order valence-electron chi connectivity index (χ0n) is 14.9. The number of anilines is 1. The second-order valence-corrected chi connectivity index (χ2v) is 7.18. The molecule has 0 atom stereocenters. The predicted molar refractivity (Wildman–Crippen MR) is 110 cm³/mol. The summed E-state index contributed by atoms with van der Waals surface area (Å²) in [5, 5.41) is 4.22. The van der Waals surface area contributed by atoms with Crippen molar-refractivity contribution in [1.82, 2.24) is 9.97 Å². The molecule has 0 aliphatic rings. The fourth-order valence-corrected chi connectivity index (χ4v) is 3.23. The van der Waals surface area contributed by atoms with Crippen LogP contribution in [0.2, 0.25) is 5.02 Å². The molecule has 0 saturated carbocycles. The molecule has 0 unspecified atom stereocenters. The van der Waals surface area contributed by atoms with Gasteiger partial charge in [-0.1, -0.05) is 23.4 Å². The number of carbonyl (C=O) groups is 1. The van der Waals surface area contributed by atoms with E-state index in [1.54, 1.807) is 31.4 Å². The topological polar surface area (TPSA) is 64.1 Å². The summed E-state index contributed by atoms with van der Waals surface area (Å²) in [6.45, 7) is 1.91.